The van der Waals surface area contributed by atoms with Crippen molar-refractivity contribution in [3.8, 4) is 0 Å². The molecule has 1 aromatic heterocycles. The van der Waals surface area contributed by atoms with E-state index >= 15 is 0 Å². The zero-order valence-corrected chi connectivity index (χ0v) is 23.9. The van der Waals surface area contributed by atoms with Gasteiger partial charge in [-0.05, 0) is 55.6 Å². The van der Waals surface area contributed by atoms with Crippen LogP contribution in [0.25, 0.3) is 0 Å². The van der Waals surface area contributed by atoms with Crippen molar-refractivity contribution in [1.29, 1.82) is 0 Å². The lowest BCUT2D eigenvalue weighted by atomic mass is 9.83. The monoisotopic (exact) mass is 568 g/mol. The molecule has 41 heavy (non-hydrogen) atoms. The number of nitrogens with one attached hydrogen (secondary N) is 4. The number of hydrogen-bond donors (Lipinski definition) is 4. The third kappa shape index (κ3) is 7.68. The summed E-state index contributed by atoms with van der Waals surface area (Å²) in [6, 6.07) is 2.95. The fourth-order valence-electron chi connectivity index (χ4n) is 5.63. The fraction of sp³-hybridized carbons (Fsp3) is 0.621. The molecule has 0 aromatic carbocycles. The Bertz CT molecular complexity index is 1180. The summed E-state index contributed by atoms with van der Waals surface area (Å²) >= 11 is 0. The minimum atomic E-state index is -0.969. The van der Waals surface area contributed by atoms with E-state index in [0.717, 1.165) is 38.5 Å². The van der Waals surface area contributed by atoms with Crippen LogP contribution in [0.5, 0.6) is 0 Å². The van der Waals surface area contributed by atoms with Crippen LogP contribution in [0.4, 0.5) is 0 Å². The first-order valence-electron chi connectivity index (χ1n) is 14.4. The molecular weight excluding hydrogens is 528 g/mol. The lowest BCUT2D eigenvalue weighted by Gasteiger charge is -2.39. The maximum absolute atomic E-state index is 14.1. The van der Waals surface area contributed by atoms with Crippen LogP contribution in [0.3, 0.4) is 0 Å². The number of carbonyl (C=O) groups excluding carboxylic acids is 6. The third-order valence-corrected chi connectivity index (χ3v) is 7.96. The second kappa shape index (κ2) is 12.8. The van der Waals surface area contributed by atoms with Crippen molar-refractivity contribution in [3.63, 3.8) is 0 Å². The van der Waals surface area contributed by atoms with Crippen LogP contribution < -0.4 is 21.3 Å². The molecule has 12 nitrogen and oxygen atoms in total. The Hall–Kier alpha value is -3.83. The maximum atomic E-state index is 14.1. The van der Waals surface area contributed by atoms with Gasteiger partial charge in [0.15, 0.2) is 0 Å². The Morgan fingerprint density at radius 1 is 0.976 bits per heavy atom. The summed E-state index contributed by atoms with van der Waals surface area (Å²) in [5.41, 5.74) is -0.538. The zero-order chi connectivity index (χ0) is 29.7. The van der Waals surface area contributed by atoms with E-state index < -0.39 is 53.5 Å². The summed E-state index contributed by atoms with van der Waals surface area (Å²) in [6.45, 7) is 4.67. The van der Waals surface area contributed by atoms with E-state index in [1.54, 1.807) is 17.0 Å². The Morgan fingerprint density at radius 2 is 1.71 bits per heavy atom. The second-order valence-corrected chi connectivity index (χ2v) is 12.3. The Balaban J connectivity index is 1.43. The van der Waals surface area contributed by atoms with Crippen molar-refractivity contribution in [2.75, 3.05) is 13.1 Å². The van der Waals surface area contributed by atoms with Gasteiger partial charge in [-0.3, -0.25) is 33.8 Å². The fourth-order valence-corrected chi connectivity index (χ4v) is 5.63. The molecule has 4 rings (SSSR count). The highest BCUT2D eigenvalue weighted by molar-refractivity contribution is 6.37. The predicted octanol–water partition coefficient (Wildman–Crippen LogP) is 0.466. The average Bonchev–Trinajstić information content (AvgIpc) is 3.68. The molecule has 12 heteroatoms. The lowest BCUT2D eigenvalue weighted by molar-refractivity contribution is -0.146. The van der Waals surface area contributed by atoms with Crippen molar-refractivity contribution < 1.29 is 28.8 Å². The highest BCUT2D eigenvalue weighted by atomic mass is 16.2. The molecule has 2 saturated carbocycles. The molecule has 1 aromatic rings. The number of hydrogen-bond acceptors (Lipinski definition) is 7. The van der Waals surface area contributed by atoms with E-state index in [1.807, 2.05) is 20.8 Å². The Morgan fingerprint density at radius 3 is 2.37 bits per heavy atom. The second-order valence-electron chi connectivity index (χ2n) is 12.3. The van der Waals surface area contributed by atoms with Gasteiger partial charge in [0.1, 0.15) is 17.8 Å². The Kier molecular flexibility index (Phi) is 9.39. The molecule has 3 aliphatic rings. The number of nitrogens with zero attached hydrogens (tertiary/aromatic N) is 2. The van der Waals surface area contributed by atoms with Crippen molar-refractivity contribution >= 4 is 35.3 Å². The van der Waals surface area contributed by atoms with Crippen LogP contribution in [0.2, 0.25) is 0 Å². The summed E-state index contributed by atoms with van der Waals surface area (Å²) in [6.07, 6.45) is 7.17. The summed E-state index contributed by atoms with van der Waals surface area (Å²) in [4.78, 5) is 82.6. The van der Waals surface area contributed by atoms with Crippen molar-refractivity contribution in [1.82, 2.24) is 31.2 Å². The van der Waals surface area contributed by atoms with E-state index in [1.165, 1.54) is 12.3 Å². The molecule has 1 saturated heterocycles. The minimum absolute atomic E-state index is 0.0288. The normalized spacial score (nSPS) is 22.6. The quantitative estimate of drug-likeness (QED) is 0.298. The largest absolute Gasteiger partial charge is 0.347 e. The van der Waals surface area contributed by atoms with Gasteiger partial charge in [0.25, 0.3) is 11.8 Å². The molecule has 4 N–H and O–H groups in total. The molecule has 3 fully saturated rings. The molecule has 0 radical (unpaired) electrons. The lowest BCUT2D eigenvalue weighted by Crippen LogP contribution is -2.60. The topological polar surface area (TPSA) is 167 Å². The van der Waals surface area contributed by atoms with Gasteiger partial charge in [-0.15, -0.1) is 0 Å². The van der Waals surface area contributed by atoms with Crippen molar-refractivity contribution in [2.45, 2.75) is 89.9 Å². The van der Waals surface area contributed by atoms with Gasteiger partial charge in [0, 0.05) is 18.3 Å². The number of rotatable bonds is 10. The van der Waals surface area contributed by atoms with E-state index in [-0.39, 0.29) is 36.1 Å². The summed E-state index contributed by atoms with van der Waals surface area (Å²) in [5, 5.41) is 10.5. The van der Waals surface area contributed by atoms with Crippen LogP contribution in [-0.2, 0) is 24.0 Å². The number of Topliss-reactive ketones (excluding diaryl/α,β-unsaturated/α-hetero) is 1. The van der Waals surface area contributed by atoms with Crippen molar-refractivity contribution in [3.05, 3.63) is 30.1 Å². The van der Waals surface area contributed by atoms with Gasteiger partial charge in [-0.25, -0.2) is 0 Å². The number of fused-ring (bicyclic) bond motifs is 1. The van der Waals surface area contributed by atoms with E-state index in [4.69, 9.17) is 0 Å². The van der Waals surface area contributed by atoms with Gasteiger partial charge >= 0.3 is 0 Å². The minimum Gasteiger partial charge on any atom is -0.347 e. The average molecular weight is 569 g/mol. The van der Waals surface area contributed by atoms with Crippen LogP contribution >= 0.6 is 0 Å². The number of pyridine rings is 1. The number of likely N-dealkylation sites (tertiary alicyclic amines) is 1. The van der Waals surface area contributed by atoms with Crippen molar-refractivity contribution in [2.24, 2.45) is 11.3 Å². The molecule has 4 atom stereocenters. The molecule has 1 aliphatic heterocycles. The van der Waals surface area contributed by atoms with Crippen LogP contribution in [0.15, 0.2) is 24.4 Å². The zero-order valence-electron chi connectivity index (χ0n) is 23.9. The molecule has 0 spiro atoms. The van der Waals surface area contributed by atoms with Crippen LogP contribution in [-0.4, -0.2) is 82.5 Å². The van der Waals surface area contributed by atoms with Gasteiger partial charge in [0.2, 0.25) is 23.5 Å². The summed E-state index contributed by atoms with van der Waals surface area (Å²) in [7, 11) is 0. The molecule has 2 aliphatic carbocycles. The highest BCUT2D eigenvalue weighted by Crippen LogP contribution is 2.41. The summed E-state index contributed by atoms with van der Waals surface area (Å²) in [5.74, 6) is -3.24. The third-order valence-electron chi connectivity index (χ3n) is 7.96. The molecular formula is C29H40N6O6. The number of carbonyl (C=O) groups is 6. The molecule has 5 amide bonds. The standard InChI is InChI=1S/C29H40N6O6/c1-29(2,3)24(34-23(37)16-32-25(38)19-9-6-7-13-30-19)28(41)35-20-10-5-4-8-17(20)14-21(35)26(39)31-15-22(36)27(40)33-18-11-12-18/h6-7,9,13,17-18,20-21,24H,4-5,8,10-12,14-16H2,1-3H3,(H,31,39)(H,32,38)(H,33,40)(H,34,37)/t17?,20?,21-,24+/m0/s1. The smallest absolute Gasteiger partial charge is 0.289 e. The SMILES string of the molecule is CC(C)(C)[C@H](NC(=O)CNC(=O)c1ccccn1)C(=O)N1C2CCCCC2C[C@H]1C(=O)NCC(=O)C(=O)NC1CC1. The van der Waals surface area contributed by atoms with Crippen LogP contribution in [0, 0.1) is 11.3 Å². The molecule has 2 unspecified atom stereocenters. The van der Waals surface area contributed by atoms with Gasteiger partial charge in [-0.1, -0.05) is 39.7 Å². The van der Waals surface area contributed by atoms with E-state index in [9.17, 15) is 28.8 Å². The van der Waals surface area contributed by atoms with Gasteiger partial charge < -0.3 is 26.2 Å². The van der Waals surface area contributed by atoms with E-state index in [2.05, 4.69) is 26.3 Å². The van der Waals surface area contributed by atoms with Gasteiger partial charge in [0.05, 0.1) is 13.1 Å². The predicted molar refractivity (Wildman–Crippen MR) is 148 cm³/mol. The van der Waals surface area contributed by atoms with Gasteiger partial charge in [-0.2, -0.15) is 0 Å². The summed E-state index contributed by atoms with van der Waals surface area (Å²) < 4.78 is 0. The maximum Gasteiger partial charge on any atom is 0.289 e. The van der Waals surface area contributed by atoms with Crippen LogP contribution in [0.1, 0.15) is 76.2 Å². The highest BCUT2D eigenvalue weighted by Gasteiger charge is 2.50. The molecule has 0 bridgehead atoms. The van der Waals surface area contributed by atoms with E-state index in [0.29, 0.717) is 6.42 Å². The molecule has 222 valence electrons. The Labute approximate surface area is 239 Å². The first kappa shape index (κ1) is 30.1. The first-order chi connectivity index (χ1) is 19.5. The first-order valence-corrected chi connectivity index (χ1v) is 14.4. The number of aromatic nitrogens is 1. The number of amides is 5. The molecule has 2 heterocycles. The number of ketones is 1.